The number of anilines is 2. The van der Waals surface area contributed by atoms with Crippen LogP contribution in [0.2, 0.25) is 0 Å². The number of phenolic OH excluding ortho intramolecular Hbond substituents is 1. The van der Waals surface area contributed by atoms with E-state index in [0.29, 0.717) is 22.8 Å². The van der Waals surface area contributed by atoms with Gasteiger partial charge in [0.05, 0.1) is 12.9 Å². The molecule has 29 heavy (non-hydrogen) atoms. The van der Waals surface area contributed by atoms with Crippen molar-refractivity contribution in [2.24, 2.45) is 0 Å². The second-order valence-corrected chi connectivity index (χ2v) is 7.07. The number of ether oxygens (including phenoxy) is 2. The van der Waals surface area contributed by atoms with Crippen LogP contribution in [0.5, 0.6) is 5.75 Å². The molecule has 4 rings (SSSR count). The summed E-state index contributed by atoms with van der Waals surface area (Å²) in [5, 5.41) is 33.6. The van der Waals surface area contributed by atoms with Crippen molar-refractivity contribution in [1.29, 1.82) is 0 Å². The Labute approximate surface area is 166 Å². The van der Waals surface area contributed by atoms with Gasteiger partial charge in [-0.15, -0.1) is 0 Å². The Morgan fingerprint density at radius 2 is 2.00 bits per heavy atom. The molecule has 2 aromatic heterocycles. The molecule has 1 saturated heterocycles. The normalized spacial score (nSPS) is 24.3. The van der Waals surface area contributed by atoms with Gasteiger partial charge in [-0.1, -0.05) is 0 Å². The molecule has 4 atom stereocenters. The van der Waals surface area contributed by atoms with E-state index in [9.17, 15) is 15.3 Å². The Morgan fingerprint density at radius 1 is 1.21 bits per heavy atom. The number of aromatic hydroxyl groups is 1. The van der Waals surface area contributed by atoms with E-state index >= 15 is 0 Å². The third-order valence-electron chi connectivity index (χ3n) is 4.94. The molecule has 3 heterocycles. The predicted molar refractivity (Wildman–Crippen MR) is 104 cm³/mol. The van der Waals surface area contributed by atoms with Crippen LogP contribution in [-0.4, -0.2) is 66.9 Å². The van der Waals surface area contributed by atoms with Gasteiger partial charge in [-0.2, -0.15) is 0 Å². The van der Waals surface area contributed by atoms with E-state index in [1.165, 1.54) is 13.4 Å². The van der Waals surface area contributed by atoms with Gasteiger partial charge in [-0.05, 0) is 37.6 Å². The number of imidazole rings is 1. The van der Waals surface area contributed by atoms with Crippen LogP contribution in [0.4, 0.5) is 11.5 Å². The van der Waals surface area contributed by atoms with E-state index in [4.69, 9.17) is 9.47 Å². The average molecular weight is 401 g/mol. The second kappa shape index (κ2) is 7.56. The molecule has 0 aliphatic carbocycles. The highest BCUT2D eigenvalue weighted by Crippen LogP contribution is 2.33. The highest BCUT2D eigenvalue weighted by Gasteiger charge is 2.44. The number of aryl methyl sites for hydroxylation is 2. The Morgan fingerprint density at radius 3 is 2.72 bits per heavy atom. The van der Waals surface area contributed by atoms with Crippen molar-refractivity contribution in [1.82, 2.24) is 19.5 Å². The molecule has 0 radical (unpaired) electrons. The van der Waals surface area contributed by atoms with Crippen molar-refractivity contribution < 1.29 is 24.8 Å². The van der Waals surface area contributed by atoms with E-state index in [0.717, 1.165) is 11.3 Å². The summed E-state index contributed by atoms with van der Waals surface area (Å²) < 4.78 is 12.4. The number of nitrogens with zero attached hydrogens (tertiary/aromatic N) is 4. The van der Waals surface area contributed by atoms with Gasteiger partial charge in [0.1, 0.15) is 29.9 Å². The summed E-state index contributed by atoms with van der Waals surface area (Å²) in [5.41, 5.74) is 2.41. The summed E-state index contributed by atoms with van der Waals surface area (Å²) in [6.07, 6.45) is -2.25. The third-order valence-corrected chi connectivity index (χ3v) is 4.94. The molecular weight excluding hydrogens is 378 g/mol. The summed E-state index contributed by atoms with van der Waals surface area (Å²) in [6.45, 7) is 3.71. The van der Waals surface area contributed by atoms with Gasteiger partial charge in [0.25, 0.3) is 0 Å². The number of hydrogen-bond donors (Lipinski definition) is 4. The SMILES string of the molecule is COCC1OC(n2cnc3c(Nc4ccc(O)c(C)c4)nc(C)nc32)C(O)C1O. The zero-order valence-corrected chi connectivity index (χ0v) is 16.3. The van der Waals surface area contributed by atoms with Gasteiger partial charge in [0, 0.05) is 12.8 Å². The Kier molecular flexibility index (Phi) is 5.09. The number of aliphatic hydroxyl groups is 2. The number of aromatic nitrogens is 4. The van der Waals surface area contributed by atoms with Crippen molar-refractivity contribution in [3.8, 4) is 5.75 Å². The Hall–Kier alpha value is -2.79. The summed E-state index contributed by atoms with van der Waals surface area (Å²) in [6, 6.07) is 5.13. The molecule has 4 N–H and O–H groups in total. The molecule has 1 aliphatic heterocycles. The van der Waals surface area contributed by atoms with E-state index in [1.807, 2.05) is 0 Å². The highest BCUT2D eigenvalue weighted by molar-refractivity contribution is 5.85. The molecule has 0 amide bonds. The first-order valence-corrected chi connectivity index (χ1v) is 9.17. The maximum absolute atomic E-state index is 10.5. The molecule has 10 nitrogen and oxygen atoms in total. The fourth-order valence-electron chi connectivity index (χ4n) is 3.43. The van der Waals surface area contributed by atoms with Crippen molar-refractivity contribution in [2.75, 3.05) is 19.0 Å². The summed E-state index contributed by atoms with van der Waals surface area (Å²) in [7, 11) is 1.50. The van der Waals surface area contributed by atoms with Gasteiger partial charge in [0.2, 0.25) is 0 Å². The maximum Gasteiger partial charge on any atom is 0.167 e. The lowest BCUT2D eigenvalue weighted by molar-refractivity contribution is -0.0580. The maximum atomic E-state index is 10.5. The van der Waals surface area contributed by atoms with Gasteiger partial charge in [-0.3, -0.25) is 4.57 Å². The second-order valence-electron chi connectivity index (χ2n) is 7.07. The number of methoxy groups -OCH3 is 1. The quantitative estimate of drug-likeness (QED) is 0.464. The van der Waals surface area contributed by atoms with E-state index < -0.39 is 24.5 Å². The van der Waals surface area contributed by atoms with Crippen LogP contribution in [0, 0.1) is 13.8 Å². The first-order valence-electron chi connectivity index (χ1n) is 9.17. The van der Waals surface area contributed by atoms with Crippen LogP contribution in [0.1, 0.15) is 17.6 Å². The van der Waals surface area contributed by atoms with E-state index in [1.54, 1.807) is 36.6 Å². The van der Waals surface area contributed by atoms with Crippen LogP contribution in [-0.2, 0) is 9.47 Å². The predicted octanol–water partition coefficient (Wildman–Crippen LogP) is 1.16. The smallest absolute Gasteiger partial charge is 0.167 e. The van der Waals surface area contributed by atoms with Crippen molar-refractivity contribution >= 4 is 22.7 Å². The molecule has 0 saturated carbocycles. The number of fused-ring (bicyclic) bond motifs is 1. The number of benzene rings is 1. The number of phenols is 1. The minimum absolute atomic E-state index is 0.155. The van der Waals surface area contributed by atoms with Crippen molar-refractivity contribution in [3.63, 3.8) is 0 Å². The zero-order valence-electron chi connectivity index (χ0n) is 16.3. The topological polar surface area (TPSA) is 135 Å². The number of aliphatic hydroxyl groups excluding tert-OH is 2. The average Bonchev–Trinajstić information content (AvgIpc) is 3.21. The van der Waals surface area contributed by atoms with Crippen LogP contribution < -0.4 is 5.32 Å². The van der Waals surface area contributed by atoms with Gasteiger partial charge in [-0.25, -0.2) is 15.0 Å². The van der Waals surface area contributed by atoms with E-state index in [2.05, 4.69) is 20.3 Å². The molecule has 10 heteroatoms. The van der Waals surface area contributed by atoms with Gasteiger partial charge < -0.3 is 30.1 Å². The monoisotopic (exact) mass is 401 g/mol. The molecule has 1 aromatic carbocycles. The lowest BCUT2D eigenvalue weighted by Crippen LogP contribution is -2.33. The van der Waals surface area contributed by atoms with Crippen LogP contribution in [0.15, 0.2) is 24.5 Å². The Bertz CT molecular complexity index is 1040. The largest absolute Gasteiger partial charge is 0.508 e. The first kappa shape index (κ1) is 19.5. The minimum Gasteiger partial charge on any atom is -0.508 e. The Balaban J connectivity index is 1.71. The van der Waals surface area contributed by atoms with Crippen LogP contribution >= 0.6 is 0 Å². The minimum atomic E-state index is -1.15. The van der Waals surface area contributed by atoms with Gasteiger partial charge >= 0.3 is 0 Å². The molecule has 1 aliphatic rings. The molecule has 3 aromatic rings. The molecule has 0 bridgehead atoms. The fraction of sp³-hybridized carbons (Fsp3) is 0.421. The molecular formula is C19H23N5O5. The summed E-state index contributed by atoms with van der Waals surface area (Å²) >= 11 is 0. The van der Waals surface area contributed by atoms with Crippen LogP contribution in [0.25, 0.3) is 11.2 Å². The standard InChI is InChI=1S/C19H23N5O5/c1-9-6-11(4-5-12(9)25)23-17-14-18(22-10(2)21-17)24(8-20-14)19-16(27)15(26)13(29-19)7-28-3/h4-6,8,13,15-16,19,25-27H,7H2,1-3H3,(H,21,22,23). The lowest BCUT2D eigenvalue weighted by Gasteiger charge is -2.17. The summed E-state index contributed by atoms with van der Waals surface area (Å²) in [5.74, 6) is 1.19. The molecule has 0 spiro atoms. The first-order chi connectivity index (χ1) is 13.9. The van der Waals surface area contributed by atoms with Crippen LogP contribution in [0.3, 0.4) is 0 Å². The molecule has 4 unspecified atom stereocenters. The zero-order chi connectivity index (χ0) is 20.7. The molecule has 1 fully saturated rings. The molecule has 154 valence electrons. The highest BCUT2D eigenvalue weighted by atomic mass is 16.6. The van der Waals surface area contributed by atoms with E-state index in [-0.39, 0.29) is 12.4 Å². The fourth-order valence-corrected chi connectivity index (χ4v) is 3.43. The number of rotatable bonds is 5. The summed E-state index contributed by atoms with van der Waals surface area (Å²) in [4.78, 5) is 13.3. The number of nitrogens with one attached hydrogen (secondary N) is 1. The third kappa shape index (κ3) is 3.51. The number of hydrogen-bond acceptors (Lipinski definition) is 9. The van der Waals surface area contributed by atoms with Gasteiger partial charge in [0.15, 0.2) is 23.2 Å². The van der Waals surface area contributed by atoms with Crippen molar-refractivity contribution in [2.45, 2.75) is 38.4 Å². The lowest BCUT2D eigenvalue weighted by atomic mass is 10.1. The van der Waals surface area contributed by atoms with Crippen molar-refractivity contribution in [3.05, 3.63) is 35.9 Å².